The summed E-state index contributed by atoms with van der Waals surface area (Å²) in [6.45, 7) is 0. The molecule has 0 saturated heterocycles. The summed E-state index contributed by atoms with van der Waals surface area (Å²) in [7, 11) is 0. The number of benzene rings is 1. The number of rotatable bonds is 0. The molecule has 0 atom stereocenters. The highest BCUT2D eigenvalue weighted by molar-refractivity contribution is 5.77. The molecule has 0 saturated carbocycles. The number of nitrogens with zero attached hydrogens (tertiary/aromatic N) is 2. The van der Waals surface area contributed by atoms with Gasteiger partial charge < -0.3 is 0 Å². The minimum absolute atomic E-state index is 0.0116. The maximum atomic E-state index is 12.1. The Balaban J connectivity index is 2.63. The largest absolute Gasteiger partial charge is 0.504 e. The van der Waals surface area contributed by atoms with E-state index < -0.39 is 6.30 Å². The summed E-state index contributed by atoms with van der Waals surface area (Å²) in [4.78, 5) is 0. The minimum atomic E-state index is -4.43. The second kappa shape index (κ2) is 2.48. The molecule has 0 aliphatic heterocycles. The van der Waals surface area contributed by atoms with Crippen molar-refractivity contribution in [2.45, 2.75) is 6.30 Å². The molecule has 0 spiro atoms. The fraction of sp³-hybridized carbons (Fsp3) is 0.125. The van der Waals surface area contributed by atoms with Crippen molar-refractivity contribution in [2.75, 3.05) is 0 Å². The number of hydrogen-bond donors (Lipinski definition) is 0. The number of aromatic nitrogens is 2. The van der Waals surface area contributed by atoms with Gasteiger partial charge in [-0.2, -0.15) is 9.78 Å². The van der Waals surface area contributed by atoms with Crippen LogP contribution in [0, 0.1) is 0 Å². The topological polar surface area (TPSA) is 17.8 Å². The summed E-state index contributed by atoms with van der Waals surface area (Å²) in [6, 6.07) is 6.45. The van der Waals surface area contributed by atoms with Gasteiger partial charge >= 0.3 is 6.30 Å². The molecule has 0 amide bonds. The molecule has 2 aromatic rings. The highest BCUT2D eigenvalue weighted by Gasteiger charge is 2.31. The Labute approximate surface area is 71.6 Å². The molecule has 1 aromatic carbocycles. The lowest BCUT2D eigenvalue weighted by Gasteiger charge is -2.03. The molecule has 0 N–H and O–H groups in total. The quantitative estimate of drug-likeness (QED) is 0.618. The zero-order valence-electron chi connectivity index (χ0n) is 6.42. The van der Waals surface area contributed by atoms with E-state index in [4.69, 9.17) is 0 Å². The fourth-order valence-corrected chi connectivity index (χ4v) is 1.09. The molecule has 0 unspecified atom stereocenters. The highest BCUT2D eigenvalue weighted by atomic mass is 19.4. The third kappa shape index (κ3) is 1.37. The number of fused-ring (bicyclic) bond motifs is 1. The Morgan fingerprint density at radius 1 is 1.15 bits per heavy atom. The second-order valence-electron chi connectivity index (χ2n) is 2.60. The number of alkyl halides is 3. The van der Waals surface area contributed by atoms with Crippen molar-refractivity contribution >= 4 is 10.9 Å². The van der Waals surface area contributed by atoms with E-state index in [1.165, 1.54) is 6.07 Å². The predicted molar refractivity (Wildman–Crippen MR) is 41.0 cm³/mol. The van der Waals surface area contributed by atoms with E-state index in [2.05, 4.69) is 5.10 Å². The first kappa shape index (κ1) is 8.10. The van der Waals surface area contributed by atoms with Gasteiger partial charge in [-0.15, -0.1) is 13.2 Å². The van der Waals surface area contributed by atoms with Crippen molar-refractivity contribution in [3.05, 3.63) is 30.5 Å². The van der Waals surface area contributed by atoms with Crippen molar-refractivity contribution < 1.29 is 13.2 Å². The van der Waals surface area contributed by atoms with Gasteiger partial charge in [-0.3, -0.25) is 0 Å². The Bertz CT molecular complexity index is 397. The summed E-state index contributed by atoms with van der Waals surface area (Å²) in [5.74, 6) is 0. The lowest BCUT2D eigenvalue weighted by molar-refractivity contribution is -0.211. The van der Waals surface area contributed by atoms with Crippen molar-refractivity contribution in [2.24, 2.45) is 0 Å². The molecule has 2 nitrogen and oxygen atoms in total. The van der Waals surface area contributed by atoms with Crippen LogP contribution in [0.5, 0.6) is 0 Å². The van der Waals surface area contributed by atoms with E-state index >= 15 is 0 Å². The molecular formula is C8H5F3N2. The van der Waals surface area contributed by atoms with Gasteiger partial charge in [-0.1, -0.05) is 18.2 Å². The molecule has 1 aromatic heterocycles. The van der Waals surface area contributed by atoms with Gasteiger partial charge in [0, 0.05) is 11.6 Å². The van der Waals surface area contributed by atoms with E-state index in [1.807, 2.05) is 0 Å². The van der Waals surface area contributed by atoms with Crippen LogP contribution in [0.25, 0.3) is 10.9 Å². The van der Waals surface area contributed by atoms with E-state index in [-0.39, 0.29) is 4.68 Å². The molecular weight excluding hydrogens is 181 g/mol. The van der Waals surface area contributed by atoms with E-state index in [9.17, 15) is 13.2 Å². The number of halogens is 3. The normalized spacial score (nSPS) is 12.2. The van der Waals surface area contributed by atoms with Gasteiger partial charge in [0.1, 0.15) is 0 Å². The third-order valence-corrected chi connectivity index (χ3v) is 1.67. The maximum Gasteiger partial charge on any atom is 0.504 e. The standard InChI is InChI=1S/C8H5F3N2/c9-8(10,11)13-5-6-3-1-2-4-7(6)12-13/h1-5H. The van der Waals surface area contributed by atoms with Crippen LogP contribution in [0.2, 0.25) is 0 Å². The predicted octanol–water partition coefficient (Wildman–Crippen LogP) is 2.51. The van der Waals surface area contributed by atoms with E-state index in [1.54, 1.807) is 18.2 Å². The Morgan fingerprint density at radius 3 is 2.46 bits per heavy atom. The molecule has 13 heavy (non-hydrogen) atoms. The molecule has 2 rings (SSSR count). The second-order valence-corrected chi connectivity index (χ2v) is 2.60. The Kier molecular flexibility index (Phi) is 1.55. The van der Waals surface area contributed by atoms with Gasteiger partial charge in [0.15, 0.2) is 0 Å². The molecule has 0 bridgehead atoms. The van der Waals surface area contributed by atoms with Crippen LogP contribution in [-0.4, -0.2) is 9.78 Å². The first-order chi connectivity index (χ1) is 6.07. The van der Waals surface area contributed by atoms with E-state index in [0.717, 1.165) is 6.20 Å². The molecule has 68 valence electrons. The van der Waals surface area contributed by atoms with Gasteiger partial charge in [-0.25, -0.2) is 0 Å². The summed E-state index contributed by atoms with van der Waals surface area (Å²) < 4.78 is 36.4. The smallest absolute Gasteiger partial charge is 0.178 e. The highest BCUT2D eigenvalue weighted by Crippen LogP contribution is 2.23. The average molecular weight is 186 g/mol. The van der Waals surface area contributed by atoms with Crippen LogP contribution in [0.15, 0.2) is 30.5 Å². The Morgan fingerprint density at radius 2 is 1.85 bits per heavy atom. The summed E-state index contributed by atoms with van der Waals surface area (Å²) in [6.07, 6.45) is -3.46. The van der Waals surface area contributed by atoms with Crippen molar-refractivity contribution in [3.8, 4) is 0 Å². The Hall–Kier alpha value is -1.52. The summed E-state index contributed by atoms with van der Waals surface area (Å²) in [5, 5.41) is 3.86. The van der Waals surface area contributed by atoms with Crippen LogP contribution in [-0.2, 0) is 6.30 Å². The lowest BCUT2D eigenvalue weighted by atomic mass is 10.3. The van der Waals surface area contributed by atoms with Crippen molar-refractivity contribution in [1.29, 1.82) is 0 Å². The lowest BCUT2D eigenvalue weighted by Crippen LogP contribution is -2.16. The van der Waals surface area contributed by atoms with Crippen molar-refractivity contribution in [3.63, 3.8) is 0 Å². The van der Waals surface area contributed by atoms with Crippen LogP contribution < -0.4 is 0 Å². The van der Waals surface area contributed by atoms with Crippen molar-refractivity contribution in [1.82, 2.24) is 9.78 Å². The van der Waals surface area contributed by atoms with Crippen LogP contribution >= 0.6 is 0 Å². The summed E-state index contributed by atoms with van der Waals surface area (Å²) >= 11 is 0. The monoisotopic (exact) mass is 186 g/mol. The van der Waals surface area contributed by atoms with Gasteiger partial charge in [-0.05, 0) is 6.07 Å². The third-order valence-electron chi connectivity index (χ3n) is 1.67. The van der Waals surface area contributed by atoms with Gasteiger partial charge in [0.05, 0.1) is 5.52 Å². The first-order valence-corrected chi connectivity index (χ1v) is 3.59. The summed E-state index contributed by atoms with van der Waals surface area (Å²) in [5.41, 5.74) is 0.347. The minimum Gasteiger partial charge on any atom is -0.178 e. The van der Waals surface area contributed by atoms with Crippen LogP contribution in [0.4, 0.5) is 13.2 Å². The average Bonchev–Trinajstić information content (AvgIpc) is 2.45. The maximum absolute atomic E-state index is 12.1. The molecule has 1 heterocycles. The first-order valence-electron chi connectivity index (χ1n) is 3.59. The fourth-order valence-electron chi connectivity index (χ4n) is 1.09. The SMILES string of the molecule is FC(F)(F)n1cc2ccccc2n1. The zero-order chi connectivity index (χ0) is 9.47. The molecule has 0 aliphatic carbocycles. The van der Waals surface area contributed by atoms with Gasteiger partial charge in [0.25, 0.3) is 0 Å². The molecule has 0 fully saturated rings. The van der Waals surface area contributed by atoms with E-state index in [0.29, 0.717) is 10.9 Å². The molecule has 0 radical (unpaired) electrons. The zero-order valence-corrected chi connectivity index (χ0v) is 6.42. The van der Waals surface area contributed by atoms with Crippen LogP contribution in [0.3, 0.4) is 0 Å². The molecule has 0 aliphatic rings. The number of hydrogen-bond acceptors (Lipinski definition) is 1. The van der Waals surface area contributed by atoms with Gasteiger partial charge in [0.2, 0.25) is 0 Å². The van der Waals surface area contributed by atoms with Crippen LogP contribution in [0.1, 0.15) is 0 Å². The molecule has 5 heteroatoms.